The molecule has 0 fully saturated rings. The number of nitrogens with one attached hydrogen (secondary N) is 1. The summed E-state index contributed by atoms with van der Waals surface area (Å²) in [6.07, 6.45) is 1.81. The summed E-state index contributed by atoms with van der Waals surface area (Å²) in [7, 11) is 0. The Labute approximate surface area is 196 Å². The Kier molecular flexibility index (Phi) is 7.23. The van der Waals surface area contributed by atoms with Gasteiger partial charge >= 0.3 is 0 Å². The zero-order valence-corrected chi connectivity index (χ0v) is 19.2. The first-order valence-electron chi connectivity index (χ1n) is 10.2. The third kappa shape index (κ3) is 5.81. The number of hydrogen-bond acceptors (Lipinski definition) is 4. The number of pyridine rings is 1. The Hall–Kier alpha value is -3.58. The van der Waals surface area contributed by atoms with Crippen molar-refractivity contribution in [3.63, 3.8) is 0 Å². The van der Waals surface area contributed by atoms with Crippen molar-refractivity contribution in [3.05, 3.63) is 89.0 Å². The molecule has 1 N–H and O–H groups in total. The molecular formula is C25H23ClFN3O3. The van der Waals surface area contributed by atoms with Gasteiger partial charge in [0.15, 0.2) is 0 Å². The number of carbonyl (C=O) groups excluding carboxylic acids is 3. The van der Waals surface area contributed by atoms with Gasteiger partial charge < -0.3 is 5.32 Å². The van der Waals surface area contributed by atoms with Crippen LogP contribution in [0.5, 0.6) is 0 Å². The zero-order chi connectivity index (χ0) is 24.2. The molecule has 1 heterocycles. The van der Waals surface area contributed by atoms with E-state index < -0.39 is 23.1 Å². The summed E-state index contributed by atoms with van der Waals surface area (Å²) in [4.78, 5) is 43.2. The minimum absolute atomic E-state index is 0.120. The Morgan fingerprint density at radius 2 is 1.76 bits per heavy atom. The first-order chi connectivity index (χ1) is 15.6. The molecule has 33 heavy (non-hydrogen) atoms. The third-order valence-corrected chi connectivity index (χ3v) is 5.30. The predicted molar refractivity (Wildman–Crippen MR) is 126 cm³/mol. The molecule has 0 atom stereocenters. The van der Waals surface area contributed by atoms with Gasteiger partial charge in [-0.2, -0.15) is 0 Å². The number of aromatic nitrogens is 1. The Balaban J connectivity index is 1.83. The lowest BCUT2D eigenvalue weighted by Gasteiger charge is -2.31. The maximum Gasteiger partial charge on any atom is 0.274 e. The smallest absolute Gasteiger partial charge is 0.274 e. The molecule has 0 spiro atoms. The zero-order valence-electron chi connectivity index (χ0n) is 18.4. The molecule has 170 valence electrons. The standard InChI is InChI=1S/C25H23ClFN3O3/c1-16(31)30(24(33)25(2,3)15-17-7-9-18(27)10-8-17)22-12-11-19(14-20(22)26)29-23(32)21-6-4-5-13-28-21/h4-14H,15H2,1-3H3,(H,29,32). The highest BCUT2D eigenvalue weighted by Crippen LogP contribution is 2.34. The molecule has 2 aromatic carbocycles. The second-order valence-corrected chi connectivity index (χ2v) is 8.59. The fourth-order valence-corrected chi connectivity index (χ4v) is 3.64. The molecule has 0 bridgehead atoms. The summed E-state index contributed by atoms with van der Waals surface area (Å²) in [5, 5.41) is 2.81. The van der Waals surface area contributed by atoms with Crippen LogP contribution in [0, 0.1) is 11.2 Å². The lowest BCUT2D eigenvalue weighted by Crippen LogP contribution is -2.45. The first kappa shape index (κ1) is 24.1. The molecule has 0 aliphatic heterocycles. The van der Waals surface area contributed by atoms with Crippen LogP contribution in [0.1, 0.15) is 36.8 Å². The van der Waals surface area contributed by atoms with Gasteiger partial charge in [-0.15, -0.1) is 0 Å². The van der Waals surface area contributed by atoms with E-state index in [1.54, 1.807) is 50.2 Å². The minimum atomic E-state index is -0.974. The molecule has 0 unspecified atom stereocenters. The lowest BCUT2D eigenvalue weighted by atomic mass is 9.84. The number of imide groups is 1. The van der Waals surface area contributed by atoms with Crippen molar-refractivity contribution in [1.82, 2.24) is 4.98 Å². The van der Waals surface area contributed by atoms with E-state index in [2.05, 4.69) is 10.3 Å². The van der Waals surface area contributed by atoms with E-state index in [0.29, 0.717) is 12.1 Å². The number of hydrogen-bond donors (Lipinski definition) is 1. The van der Waals surface area contributed by atoms with Crippen LogP contribution in [0.15, 0.2) is 66.9 Å². The number of carbonyl (C=O) groups is 3. The van der Waals surface area contributed by atoms with Gasteiger partial charge in [-0.05, 0) is 54.4 Å². The van der Waals surface area contributed by atoms with E-state index in [1.807, 2.05) is 0 Å². The van der Waals surface area contributed by atoms with Crippen molar-refractivity contribution < 1.29 is 18.8 Å². The number of anilines is 2. The average molecular weight is 468 g/mol. The summed E-state index contributed by atoms with van der Waals surface area (Å²) in [5.74, 6) is -1.74. The van der Waals surface area contributed by atoms with E-state index in [4.69, 9.17) is 11.6 Å². The fraction of sp³-hybridized carbons (Fsp3) is 0.200. The van der Waals surface area contributed by atoms with Gasteiger partial charge in [0, 0.05) is 24.2 Å². The largest absolute Gasteiger partial charge is 0.321 e. The van der Waals surface area contributed by atoms with Gasteiger partial charge in [0.25, 0.3) is 5.91 Å². The molecule has 0 radical (unpaired) electrons. The highest BCUT2D eigenvalue weighted by molar-refractivity contribution is 6.35. The van der Waals surface area contributed by atoms with Gasteiger partial charge in [0.05, 0.1) is 10.7 Å². The fourth-order valence-electron chi connectivity index (χ4n) is 3.37. The topological polar surface area (TPSA) is 79.4 Å². The molecular weight excluding hydrogens is 445 g/mol. The van der Waals surface area contributed by atoms with E-state index >= 15 is 0 Å². The number of nitrogens with zero attached hydrogens (tertiary/aromatic N) is 2. The second kappa shape index (κ2) is 9.92. The average Bonchev–Trinajstić information content (AvgIpc) is 2.77. The van der Waals surface area contributed by atoms with Crippen molar-refractivity contribution in [3.8, 4) is 0 Å². The predicted octanol–water partition coefficient (Wildman–Crippen LogP) is 5.27. The summed E-state index contributed by atoms with van der Waals surface area (Å²) < 4.78 is 13.2. The Bertz CT molecular complexity index is 1180. The Morgan fingerprint density at radius 3 is 2.33 bits per heavy atom. The van der Waals surface area contributed by atoms with Crippen LogP contribution in [0.2, 0.25) is 5.02 Å². The summed E-state index contributed by atoms with van der Waals surface area (Å²) in [5.41, 5.74) is 0.620. The quantitative estimate of drug-likeness (QED) is 0.535. The second-order valence-electron chi connectivity index (χ2n) is 8.18. The molecule has 0 aliphatic rings. The molecule has 0 aliphatic carbocycles. The lowest BCUT2D eigenvalue weighted by molar-refractivity contribution is -0.131. The molecule has 3 aromatic rings. The van der Waals surface area contributed by atoms with Crippen LogP contribution in [-0.2, 0) is 16.0 Å². The third-order valence-electron chi connectivity index (χ3n) is 5.00. The van der Waals surface area contributed by atoms with Gasteiger partial charge in [-0.25, -0.2) is 9.29 Å². The first-order valence-corrected chi connectivity index (χ1v) is 10.6. The maximum atomic E-state index is 13.4. The molecule has 8 heteroatoms. The summed E-state index contributed by atoms with van der Waals surface area (Å²) in [6, 6.07) is 15.4. The number of amides is 3. The van der Waals surface area contributed by atoms with Gasteiger partial charge in [0.2, 0.25) is 11.8 Å². The van der Waals surface area contributed by atoms with Crippen LogP contribution in [0.4, 0.5) is 15.8 Å². The summed E-state index contributed by atoms with van der Waals surface area (Å²) in [6.45, 7) is 4.70. The summed E-state index contributed by atoms with van der Waals surface area (Å²) >= 11 is 6.41. The highest BCUT2D eigenvalue weighted by atomic mass is 35.5. The van der Waals surface area contributed by atoms with Gasteiger partial charge in [0.1, 0.15) is 11.5 Å². The number of rotatable bonds is 6. The molecule has 1 aromatic heterocycles. The number of halogens is 2. The van der Waals surface area contributed by atoms with E-state index in [1.165, 1.54) is 37.4 Å². The molecule has 0 saturated carbocycles. The SMILES string of the molecule is CC(=O)N(C(=O)C(C)(C)Cc1ccc(F)cc1)c1ccc(NC(=O)c2ccccn2)cc1Cl. The Morgan fingerprint density at radius 1 is 1.06 bits per heavy atom. The van der Waals surface area contributed by atoms with Crippen molar-refractivity contribution >= 4 is 40.7 Å². The monoisotopic (exact) mass is 467 g/mol. The van der Waals surface area contributed by atoms with Crippen LogP contribution < -0.4 is 10.2 Å². The number of benzene rings is 2. The van der Waals surface area contributed by atoms with Gasteiger partial charge in [-0.1, -0.05) is 43.6 Å². The molecule has 3 rings (SSSR count). The normalized spacial score (nSPS) is 11.1. The van der Waals surface area contributed by atoms with Gasteiger partial charge in [-0.3, -0.25) is 19.4 Å². The van der Waals surface area contributed by atoms with Crippen molar-refractivity contribution in [2.45, 2.75) is 27.2 Å². The highest BCUT2D eigenvalue weighted by Gasteiger charge is 2.36. The van der Waals surface area contributed by atoms with E-state index in [0.717, 1.165) is 10.5 Å². The van der Waals surface area contributed by atoms with E-state index in [9.17, 15) is 18.8 Å². The van der Waals surface area contributed by atoms with E-state index in [-0.39, 0.29) is 22.2 Å². The van der Waals surface area contributed by atoms with Crippen molar-refractivity contribution in [1.29, 1.82) is 0 Å². The maximum absolute atomic E-state index is 13.4. The molecule has 6 nitrogen and oxygen atoms in total. The van der Waals surface area contributed by atoms with Crippen LogP contribution in [0.25, 0.3) is 0 Å². The van der Waals surface area contributed by atoms with Crippen LogP contribution in [0.3, 0.4) is 0 Å². The van der Waals surface area contributed by atoms with Crippen molar-refractivity contribution in [2.24, 2.45) is 5.41 Å². The van der Waals surface area contributed by atoms with Crippen LogP contribution >= 0.6 is 11.6 Å². The van der Waals surface area contributed by atoms with Crippen molar-refractivity contribution in [2.75, 3.05) is 10.2 Å². The molecule has 3 amide bonds. The molecule has 0 saturated heterocycles. The van der Waals surface area contributed by atoms with Crippen LogP contribution in [-0.4, -0.2) is 22.7 Å². The minimum Gasteiger partial charge on any atom is -0.321 e.